The maximum absolute atomic E-state index is 5.37. The van der Waals surface area contributed by atoms with E-state index in [1.807, 2.05) is 0 Å². The summed E-state index contributed by atoms with van der Waals surface area (Å²) < 4.78 is 6.57. The van der Waals surface area contributed by atoms with Crippen molar-refractivity contribution in [3.8, 4) is 0 Å². The number of hydrogen-bond donors (Lipinski definition) is 1. The minimum Gasteiger partial charge on any atom is -0.381 e. The molecule has 1 aliphatic heterocycles. The monoisotopic (exact) mass is 297 g/mol. The lowest BCUT2D eigenvalue weighted by atomic mass is 10.1. The van der Waals surface area contributed by atoms with Gasteiger partial charge in [0.15, 0.2) is 0 Å². The Kier molecular flexibility index (Phi) is 5.01. The van der Waals surface area contributed by atoms with Crippen LogP contribution >= 0.6 is 15.9 Å². The Labute approximate surface area is 112 Å². The first-order valence-corrected chi connectivity index (χ1v) is 7.08. The summed E-state index contributed by atoms with van der Waals surface area (Å²) in [5, 5.41) is 3.50. The van der Waals surface area contributed by atoms with E-state index in [-0.39, 0.29) is 0 Å². The normalized spacial score (nSPS) is 19.8. The Morgan fingerprint density at radius 1 is 1.47 bits per heavy atom. The van der Waals surface area contributed by atoms with Crippen molar-refractivity contribution in [2.45, 2.75) is 26.3 Å². The van der Waals surface area contributed by atoms with Crippen LogP contribution in [0.3, 0.4) is 0 Å². The topological polar surface area (TPSA) is 21.3 Å². The minimum atomic E-state index is 0.768. The molecule has 1 N–H and O–H groups in total. The highest BCUT2D eigenvalue weighted by Gasteiger charge is 2.14. The Morgan fingerprint density at radius 2 is 2.35 bits per heavy atom. The molecular formula is C14H20BrNO. The maximum atomic E-state index is 5.37. The van der Waals surface area contributed by atoms with E-state index >= 15 is 0 Å². The number of rotatable bonds is 5. The van der Waals surface area contributed by atoms with Crippen LogP contribution in [0.5, 0.6) is 0 Å². The summed E-state index contributed by atoms with van der Waals surface area (Å²) in [4.78, 5) is 0. The molecule has 17 heavy (non-hydrogen) atoms. The van der Waals surface area contributed by atoms with Crippen LogP contribution in [0.2, 0.25) is 0 Å². The van der Waals surface area contributed by atoms with Crippen LogP contribution in [-0.4, -0.2) is 19.8 Å². The summed E-state index contributed by atoms with van der Waals surface area (Å²) in [5.41, 5.74) is 2.63. The third-order valence-electron chi connectivity index (χ3n) is 3.28. The van der Waals surface area contributed by atoms with Crippen LogP contribution in [0.15, 0.2) is 22.7 Å². The lowest BCUT2D eigenvalue weighted by Gasteiger charge is -2.10. The van der Waals surface area contributed by atoms with Crippen molar-refractivity contribution < 1.29 is 4.74 Å². The molecule has 1 unspecified atom stereocenters. The van der Waals surface area contributed by atoms with Gasteiger partial charge < -0.3 is 10.1 Å². The van der Waals surface area contributed by atoms with Crippen molar-refractivity contribution in [1.29, 1.82) is 0 Å². The molecule has 2 rings (SSSR count). The van der Waals surface area contributed by atoms with E-state index in [1.54, 1.807) is 0 Å². The summed E-state index contributed by atoms with van der Waals surface area (Å²) >= 11 is 3.61. The third-order valence-corrected chi connectivity index (χ3v) is 4.02. The van der Waals surface area contributed by atoms with Gasteiger partial charge >= 0.3 is 0 Å². The summed E-state index contributed by atoms with van der Waals surface area (Å²) in [6.45, 7) is 6.04. The molecule has 0 aromatic heterocycles. The van der Waals surface area contributed by atoms with E-state index < -0.39 is 0 Å². The molecule has 1 heterocycles. The number of nitrogens with one attached hydrogen (secondary N) is 1. The van der Waals surface area contributed by atoms with Crippen molar-refractivity contribution in [2.75, 3.05) is 19.8 Å². The second-order valence-corrected chi connectivity index (χ2v) is 5.64. The Morgan fingerprint density at radius 3 is 3.06 bits per heavy atom. The SMILES string of the molecule is Cc1ccc(CNCCC2CCOC2)c(Br)c1. The second kappa shape index (κ2) is 6.53. The summed E-state index contributed by atoms with van der Waals surface area (Å²) in [6.07, 6.45) is 2.46. The maximum Gasteiger partial charge on any atom is 0.0495 e. The molecule has 0 aliphatic carbocycles. The van der Waals surface area contributed by atoms with Gasteiger partial charge in [-0.15, -0.1) is 0 Å². The predicted octanol–water partition coefficient (Wildman–Crippen LogP) is 3.27. The van der Waals surface area contributed by atoms with Gasteiger partial charge in [-0.05, 0) is 49.4 Å². The van der Waals surface area contributed by atoms with Crippen molar-refractivity contribution >= 4 is 15.9 Å². The lowest BCUT2D eigenvalue weighted by Crippen LogP contribution is -2.18. The van der Waals surface area contributed by atoms with Crippen molar-refractivity contribution in [1.82, 2.24) is 5.32 Å². The van der Waals surface area contributed by atoms with Crippen molar-refractivity contribution in [2.24, 2.45) is 5.92 Å². The molecule has 0 bridgehead atoms. The van der Waals surface area contributed by atoms with Crippen LogP contribution in [0, 0.1) is 12.8 Å². The van der Waals surface area contributed by atoms with Gasteiger partial charge in [-0.1, -0.05) is 28.1 Å². The van der Waals surface area contributed by atoms with Gasteiger partial charge in [-0.25, -0.2) is 0 Å². The molecule has 0 saturated carbocycles. The molecule has 1 aromatic carbocycles. The molecule has 0 amide bonds. The number of benzene rings is 1. The van der Waals surface area contributed by atoms with Crippen LogP contribution < -0.4 is 5.32 Å². The zero-order valence-corrected chi connectivity index (χ0v) is 11.9. The highest BCUT2D eigenvalue weighted by atomic mass is 79.9. The number of ether oxygens (including phenoxy) is 1. The summed E-state index contributed by atoms with van der Waals surface area (Å²) in [5.74, 6) is 0.768. The molecule has 1 aliphatic rings. The molecule has 94 valence electrons. The molecule has 0 radical (unpaired) electrons. The average molecular weight is 298 g/mol. The first kappa shape index (κ1) is 13.1. The number of halogens is 1. The van der Waals surface area contributed by atoms with Crippen LogP contribution in [0.1, 0.15) is 24.0 Å². The van der Waals surface area contributed by atoms with Gasteiger partial charge in [0.1, 0.15) is 0 Å². The molecule has 1 fully saturated rings. The van der Waals surface area contributed by atoms with E-state index in [2.05, 4.69) is 46.4 Å². The van der Waals surface area contributed by atoms with E-state index in [1.165, 1.54) is 28.4 Å². The van der Waals surface area contributed by atoms with Gasteiger partial charge in [-0.3, -0.25) is 0 Å². The molecule has 2 nitrogen and oxygen atoms in total. The fraction of sp³-hybridized carbons (Fsp3) is 0.571. The Hall–Kier alpha value is -0.380. The molecule has 1 atom stereocenters. The van der Waals surface area contributed by atoms with Crippen molar-refractivity contribution in [3.05, 3.63) is 33.8 Å². The smallest absolute Gasteiger partial charge is 0.0495 e. The van der Waals surface area contributed by atoms with E-state index in [0.717, 1.165) is 32.2 Å². The molecule has 1 saturated heterocycles. The highest BCUT2D eigenvalue weighted by molar-refractivity contribution is 9.10. The third kappa shape index (κ3) is 4.09. The van der Waals surface area contributed by atoms with Crippen molar-refractivity contribution in [3.63, 3.8) is 0 Å². The van der Waals surface area contributed by atoms with E-state index in [0.29, 0.717) is 0 Å². The molecule has 0 spiro atoms. The van der Waals surface area contributed by atoms with Gasteiger partial charge in [0.05, 0.1) is 0 Å². The van der Waals surface area contributed by atoms with Gasteiger partial charge in [0.2, 0.25) is 0 Å². The van der Waals surface area contributed by atoms with Gasteiger partial charge in [-0.2, -0.15) is 0 Å². The van der Waals surface area contributed by atoms with Crippen LogP contribution in [0.4, 0.5) is 0 Å². The Balaban J connectivity index is 1.70. The number of aryl methyl sites for hydroxylation is 1. The fourth-order valence-corrected chi connectivity index (χ4v) is 2.77. The summed E-state index contributed by atoms with van der Waals surface area (Å²) in [6, 6.07) is 6.51. The van der Waals surface area contributed by atoms with Crippen LogP contribution in [-0.2, 0) is 11.3 Å². The van der Waals surface area contributed by atoms with Gasteiger partial charge in [0.25, 0.3) is 0 Å². The second-order valence-electron chi connectivity index (χ2n) is 4.79. The summed E-state index contributed by atoms with van der Waals surface area (Å²) in [7, 11) is 0. The molecule has 3 heteroatoms. The highest BCUT2D eigenvalue weighted by Crippen LogP contribution is 2.18. The predicted molar refractivity (Wildman–Crippen MR) is 74.1 cm³/mol. The quantitative estimate of drug-likeness (QED) is 0.842. The fourth-order valence-electron chi connectivity index (χ4n) is 2.14. The first-order chi connectivity index (χ1) is 8.25. The Bertz CT molecular complexity index is 361. The minimum absolute atomic E-state index is 0.768. The zero-order valence-electron chi connectivity index (χ0n) is 10.3. The van der Waals surface area contributed by atoms with E-state index in [9.17, 15) is 0 Å². The first-order valence-electron chi connectivity index (χ1n) is 6.29. The zero-order chi connectivity index (χ0) is 12.1. The molecule has 1 aromatic rings. The molecular weight excluding hydrogens is 278 g/mol. The van der Waals surface area contributed by atoms with Gasteiger partial charge in [0, 0.05) is 24.2 Å². The number of hydrogen-bond acceptors (Lipinski definition) is 2. The average Bonchev–Trinajstić information content (AvgIpc) is 2.79. The van der Waals surface area contributed by atoms with Crippen LogP contribution in [0.25, 0.3) is 0 Å². The largest absolute Gasteiger partial charge is 0.381 e. The standard InChI is InChI=1S/C14H20BrNO/c1-11-2-3-13(14(15)8-11)9-16-6-4-12-5-7-17-10-12/h2-3,8,12,16H,4-7,9-10H2,1H3. The lowest BCUT2D eigenvalue weighted by molar-refractivity contribution is 0.184. The van der Waals surface area contributed by atoms with E-state index in [4.69, 9.17) is 4.74 Å².